The van der Waals surface area contributed by atoms with Crippen molar-refractivity contribution in [3.63, 3.8) is 0 Å². The molecule has 2 aromatic heterocycles. The van der Waals surface area contributed by atoms with Gasteiger partial charge in [-0.1, -0.05) is 11.6 Å². The number of carbonyl (C=O) groups excluding carboxylic acids is 1. The first-order chi connectivity index (χ1) is 9.65. The minimum Gasteiger partial charge on any atom is -0.463 e. The molecule has 20 heavy (non-hydrogen) atoms. The van der Waals surface area contributed by atoms with Crippen LogP contribution in [-0.2, 0) is 9.53 Å². The summed E-state index contributed by atoms with van der Waals surface area (Å²) >= 11 is 6.06. The number of aromatic nitrogens is 3. The van der Waals surface area contributed by atoms with Crippen LogP contribution in [0.3, 0.4) is 0 Å². The highest BCUT2D eigenvalue weighted by atomic mass is 35.5. The average molecular weight is 294 g/mol. The van der Waals surface area contributed by atoms with E-state index < -0.39 is 0 Å². The van der Waals surface area contributed by atoms with Gasteiger partial charge in [0.1, 0.15) is 17.4 Å². The van der Waals surface area contributed by atoms with Gasteiger partial charge in [-0.25, -0.2) is 9.97 Å². The molecule has 0 spiro atoms. The minimum absolute atomic E-state index is 0.0558. The van der Waals surface area contributed by atoms with Gasteiger partial charge in [0, 0.05) is 25.2 Å². The number of carbonyl (C=O) groups is 1. The molecule has 0 radical (unpaired) electrons. The van der Waals surface area contributed by atoms with Gasteiger partial charge in [-0.15, -0.1) is 0 Å². The molecule has 106 valence electrons. The van der Waals surface area contributed by atoms with Crippen molar-refractivity contribution in [3.8, 4) is 0 Å². The largest absolute Gasteiger partial charge is 0.463 e. The second-order valence-corrected chi connectivity index (χ2v) is 5.53. The molecule has 0 saturated heterocycles. The Labute approximate surface area is 121 Å². The lowest BCUT2D eigenvalue weighted by Crippen LogP contribution is -2.23. The molecule has 2 aromatic rings. The average Bonchev–Trinajstić information content (AvgIpc) is 2.84. The maximum Gasteiger partial charge on any atom is 0.302 e. The zero-order valence-electron chi connectivity index (χ0n) is 11.3. The van der Waals surface area contributed by atoms with Crippen LogP contribution in [0.1, 0.15) is 44.3 Å². The second kappa shape index (κ2) is 5.40. The first kappa shape index (κ1) is 13.4. The van der Waals surface area contributed by atoms with Crippen molar-refractivity contribution in [2.75, 3.05) is 0 Å². The normalized spacial score (nSPS) is 22.9. The number of fused-ring (bicyclic) bond motifs is 1. The molecule has 1 fully saturated rings. The lowest BCUT2D eigenvalue weighted by atomic mass is 9.87. The number of imidazole rings is 1. The van der Waals surface area contributed by atoms with Gasteiger partial charge in [0.2, 0.25) is 0 Å². The maximum atomic E-state index is 11.0. The molecule has 0 amide bonds. The van der Waals surface area contributed by atoms with E-state index in [0.717, 1.165) is 37.0 Å². The predicted octanol–water partition coefficient (Wildman–Crippen LogP) is 2.97. The Balaban J connectivity index is 1.77. The van der Waals surface area contributed by atoms with Crippen molar-refractivity contribution < 1.29 is 9.53 Å². The Morgan fingerprint density at radius 1 is 1.35 bits per heavy atom. The first-order valence-electron chi connectivity index (χ1n) is 6.80. The van der Waals surface area contributed by atoms with E-state index in [1.54, 1.807) is 12.4 Å². The number of nitrogens with zero attached hydrogens (tertiary/aromatic N) is 3. The highest BCUT2D eigenvalue weighted by Gasteiger charge is 2.26. The zero-order chi connectivity index (χ0) is 14.1. The fourth-order valence-electron chi connectivity index (χ4n) is 2.89. The molecule has 1 aliphatic carbocycles. The number of halogens is 1. The van der Waals surface area contributed by atoms with Gasteiger partial charge in [-0.2, -0.15) is 0 Å². The number of rotatable bonds is 2. The van der Waals surface area contributed by atoms with Crippen molar-refractivity contribution in [3.05, 3.63) is 29.6 Å². The summed E-state index contributed by atoms with van der Waals surface area (Å²) in [5.74, 6) is 1.20. The third kappa shape index (κ3) is 2.50. The molecule has 0 bridgehead atoms. The van der Waals surface area contributed by atoms with E-state index in [1.165, 1.54) is 6.92 Å². The summed E-state index contributed by atoms with van der Waals surface area (Å²) < 4.78 is 7.27. The van der Waals surface area contributed by atoms with E-state index in [2.05, 4.69) is 9.97 Å². The minimum atomic E-state index is -0.197. The number of hydrogen-bond acceptors (Lipinski definition) is 4. The maximum absolute atomic E-state index is 11.0. The van der Waals surface area contributed by atoms with Gasteiger partial charge in [-0.05, 0) is 25.7 Å². The molecule has 0 atom stereocenters. The molecule has 0 N–H and O–H groups in total. The fraction of sp³-hybridized carbons (Fsp3) is 0.500. The highest BCUT2D eigenvalue weighted by Crippen LogP contribution is 2.34. The molecule has 6 heteroatoms. The van der Waals surface area contributed by atoms with Crippen molar-refractivity contribution in [2.45, 2.75) is 44.6 Å². The smallest absolute Gasteiger partial charge is 0.302 e. The SMILES string of the molecule is CC(=O)O[C@H]1CC[C@H](c2ncc3c(Cl)nccn32)CC1. The van der Waals surface area contributed by atoms with Crippen molar-refractivity contribution in [1.82, 2.24) is 14.4 Å². The summed E-state index contributed by atoms with van der Waals surface area (Å²) in [6.45, 7) is 1.46. The van der Waals surface area contributed by atoms with E-state index in [0.29, 0.717) is 11.1 Å². The third-order valence-electron chi connectivity index (χ3n) is 3.81. The van der Waals surface area contributed by atoms with Crippen LogP contribution in [0.5, 0.6) is 0 Å². The molecule has 0 aromatic carbocycles. The van der Waals surface area contributed by atoms with Crippen LogP contribution in [0.4, 0.5) is 0 Å². The molecule has 5 nitrogen and oxygen atoms in total. The number of ether oxygens (including phenoxy) is 1. The van der Waals surface area contributed by atoms with Crippen LogP contribution in [0.15, 0.2) is 18.6 Å². The van der Waals surface area contributed by atoms with Crippen LogP contribution < -0.4 is 0 Å². The van der Waals surface area contributed by atoms with Gasteiger partial charge >= 0.3 is 5.97 Å². The molecular weight excluding hydrogens is 278 g/mol. The Hall–Kier alpha value is -1.62. The van der Waals surface area contributed by atoms with Gasteiger partial charge in [-0.3, -0.25) is 9.20 Å². The molecule has 2 heterocycles. The molecule has 1 aliphatic rings. The molecule has 0 unspecified atom stereocenters. The quantitative estimate of drug-likeness (QED) is 0.799. The highest BCUT2D eigenvalue weighted by molar-refractivity contribution is 6.32. The van der Waals surface area contributed by atoms with Gasteiger partial charge in [0.25, 0.3) is 0 Å². The van der Waals surface area contributed by atoms with Crippen molar-refractivity contribution >= 4 is 23.1 Å². The molecular formula is C14H16ClN3O2. The van der Waals surface area contributed by atoms with E-state index in [-0.39, 0.29) is 12.1 Å². The second-order valence-electron chi connectivity index (χ2n) is 5.17. The number of hydrogen-bond donors (Lipinski definition) is 0. The summed E-state index contributed by atoms with van der Waals surface area (Å²) in [5, 5.41) is 0.472. The van der Waals surface area contributed by atoms with Crippen LogP contribution in [0.25, 0.3) is 5.52 Å². The summed E-state index contributed by atoms with van der Waals surface area (Å²) in [5.41, 5.74) is 0.839. The summed E-state index contributed by atoms with van der Waals surface area (Å²) in [6, 6.07) is 0. The van der Waals surface area contributed by atoms with Crippen LogP contribution >= 0.6 is 11.6 Å². The lowest BCUT2D eigenvalue weighted by molar-refractivity contribution is -0.147. The van der Waals surface area contributed by atoms with E-state index in [4.69, 9.17) is 16.3 Å². The molecule has 3 rings (SSSR count). The van der Waals surface area contributed by atoms with Crippen LogP contribution in [-0.4, -0.2) is 26.4 Å². The fourth-order valence-corrected chi connectivity index (χ4v) is 3.09. The molecule has 0 aliphatic heterocycles. The third-order valence-corrected chi connectivity index (χ3v) is 4.10. The summed E-state index contributed by atoms with van der Waals surface area (Å²) in [6.07, 6.45) is 9.11. The van der Waals surface area contributed by atoms with Gasteiger partial charge in [0.05, 0.1) is 6.20 Å². The van der Waals surface area contributed by atoms with Gasteiger partial charge < -0.3 is 4.74 Å². The Kier molecular flexibility index (Phi) is 3.61. The summed E-state index contributed by atoms with van der Waals surface area (Å²) in [4.78, 5) is 19.5. The standard InChI is InChI=1S/C14H16ClN3O2/c1-9(19)20-11-4-2-10(3-5-11)14-17-8-12-13(15)16-6-7-18(12)14/h6-8,10-11H,2-5H2,1H3/t10-,11-. The Bertz CT molecular complexity index is 632. The molecule has 1 saturated carbocycles. The van der Waals surface area contributed by atoms with E-state index >= 15 is 0 Å². The monoisotopic (exact) mass is 293 g/mol. The first-order valence-corrected chi connectivity index (χ1v) is 7.17. The summed E-state index contributed by atoms with van der Waals surface area (Å²) in [7, 11) is 0. The predicted molar refractivity (Wildman–Crippen MR) is 74.8 cm³/mol. The topological polar surface area (TPSA) is 56.5 Å². The van der Waals surface area contributed by atoms with Gasteiger partial charge in [0.15, 0.2) is 5.15 Å². The Morgan fingerprint density at radius 3 is 2.80 bits per heavy atom. The van der Waals surface area contributed by atoms with E-state index in [9.17, 15) is 4.79 Å². The Morgan fingerprint density at radius 2 is 2.10 bits per heavy atom. The van der Waals surface area contributed by atoms with Crippen LogP contribution in [0.2, 0.25) is 5.15 Å². The van der Waals surface area contributed by atoms with Crippen molar-refractivity contribution in [1.29, 1.82) is 0 Å². The number of esters is 1. The zero-order valence-corrected chi connectivity index (χ0v) is 12.0. The van der Waals surface area contributed by atoms with E-state index in [1.807, 2.05) is 10.6 Å². The van der Waals surface area contributed by atoms with Crippen LogP contribution in [0, 0.1) is 0 Å². The lowest BCUT2D eigenvalue weighted by Gasteiger charge is -2.27. The van der Waals surface area contributed by atoms with Crippen molar-refractivity contribution in [2.24, 2.45) is 0 Å².